The van der Waals surface area contributed by atoms with Gasteiger partial charge < -0.3 is 4.74 Å². The van der Waals surface area contributed by atoms with Crippen molar-refractivity contribution in [2.24, 2.45) is 23.7 Å². The summed E-state index contributed by atoms with van der Waals surface area (Å²) in [5.74, 6) is 1.88. The molecule has 0 N–H and O–H groups in total. The van der Waals surface area contributed by atoms with Crippen LogP contribution in [0.4, 0.5) is 0 Å². The first-order chi connectivity index (χ1) is 16.2. The molecule has 0 aliphatic rings. The summed E-state index contributed by atoms with van der Waals surface area (Å²) in [6.07, 6.45) is 6.82. The standard InChI is InChI=1S/C32H50O3/c1-12-27(16-15-22(4)25(7)30(21(2)3)26(8)33)23(5)13-14-24(6)28-17-19-29(20-18-28)31(34)35-32(9,10)11/h14,17-23,27H,12-13,15-16H2,1-11H3/b24-14+,30-25+/t22-,23+,27-/m1/s1. The SMILES string of the molecule is CC[C@H](CC[C@@H](C)/C(C)=C(/C(C)=O)C(C)C)[C@@H](C)C/C=C(\C)c1ccc(C(=O)OC(C)(C)C)cc1. The van der Waals surface area contributed by atoms with E-state index in [1.165, 1.54) is 17.6 Å². The van der Waals surface area contributed by atoms with E-state index in [1.54, 1.807) is 6.92 Å². The van der Waals surface area contributed by atoms with Gasteiger partial charge in [-0.05, 0) is 113 Å². The van der Waals surface area contributed by atoms with Gasteiger partial charge in [0.1, 0.15) is 5.60 Å². The third-order valence-electron chi connectivity index (χ3n) is 7.19. The number of rotatable bonds is 12. The molecule has 1 aromatic rings. The Hall–Kier alpha value is -2.16. The zero-order chi connectivity index (χ0) is 26.9. The molecule has 0 aromatic heterocycles. The Balaban J connectivity index is 2.77. The molecule has 196 valence electrons. The van der Waals surface area contributed by atoms with Crippen molar-refractivity contribution in [3.8, 4) is 0 Å². The van der Waals surface area contributed by atoms with Crippen LogP contribution >= 0.6 is 0 Å². The Kier molecular flexibility index (Phi) is 12.2. The number of esters is 1. The fourth-order valence-corrected chi connectivity index (χ4v) is 4.86. The molecule has 0 heterocycles. The number of hydrogen-bond acceptors (Lipinski definition) is 3. The molecule has 0 aliphatic carbocycles. The van der Waals surface area contributed by atoms with Crippen molar-refractivity contribution in [1.82, 2.24) is 0 Å². The number of ketones is 1. The van der Waals surface area contributed by atoms with E-state index in [-0.39, 0.29) is 17.7 Å². The maximum absolute atomic E-state index is 12.3. The number of ether oxygens (including phenoxy) is 1. The fourth-order valence-electron chi connectivity index (χ4n) is 4.86. The lowest BCUT2D eigenvalue weighted by Gasteiger charge is -2.25. The highest BCUT2D eigenvalue weighted by atomic mass is 16.6. The lowest BCUT2D eigenvalue weighted by atomic mass is 9.80. The number of benzene rings is 1. The minimum Gasteiger partial charge on any atom is -0.456 e. The third-order valence-corrected chi connectivity index (χ3v) is 7.19. The van der Waals surface area contributed by atoms with Gasteiger partial charge in [-0.1, -0.05) is 64.8 Å². The van der Waals surface area contributed by atoms with Crippen LogP contribution in [-0.4, -0.2) is 17.4 Å². The minimum absolute atomic E-state index is 0.212. The van der Waals surface area contributed by atoms with Crippen molar-refractivity contribution in [2.75, 3.05) is 0 Å². The van der Waals surface area contributed by atoms with Gasteiger partial charge in [0.15, 0.2) is 5.78 Å². The summed E-state index contributed by atoms with van der Waals surface area (Å²) in [7, 11) is 0. The van der Waals surface area contributed by atoms with Crippen LogP contribution < -0.4 is 0 Å². The van der Waals surface area contributed by atoms with E-state index in [0.717, 1.165) is 30.4 Å². The number of Topliss-reactive ketones (excluding diaryl/α,β-unsaturated/α-hetero) is 1. The van der Waals surface area contributed by atoms with Gasteiger partial charge in [-0.25, -0.2) is 4.79 Å². The average molecular weight is 483 g/mol. The molecule has 1 aromatic carbocycles. The molecule has 0 bridgehead atoms. The molecule has 0 amide bonds. The van der Waals surface area contributed by atoms with Crippen LogP contribution in [0.3, 0.4) is 0 Å². The lowest BCUT2D eigenvalue weighted by molar-refractivity contribution is -0.114. The van der Waals surface area contributed by atoms with Crippen LogP contribution in [0.2, 0.25) is 0 Å². The second-order valence-corrected chi connectivity index (χ2v) is 11.6. The van der Waals surface area contributed by atoms with Crippen molar-refractivity contribution in [3.05, 3.63) is 52.6 Å². The van der Waals surface area contributed by atoms with E-state index in [9.17, 15) is 9.59 Å². The van der Waals surface area contributed by atoms with Crippen molar-refractivity contribution in [1.29, 1.82) is 0 Å². The molecule has 35 heavy (non-hydrogen) atoms. The smallest absolute Gasteiger partial charge is 0.338 e. The fraction of sp³-hybridized carbons (Fsp3) is 0.625. The van der Waals surface area contributed by atoms with Gasteiger partial charge >= 0.3 is 5.97 Å². The van der Waals surface area contributed by atoms with E-state index < -0.39 is 5.60 Å². The summed E-state index contributed by atoms with van der Waals surface area (Å²) in [5, 5.41) is 0. The van der Waals surface area contributed by atoms with E-state index in [0.29, 0.717) is 23.3 Å². The van der Waals surface area contributed by atoms with Gasteiger partial charge in [0.2, 0.25) is 0 Å². The van der Waals surface area contributed by atoms with Gasteiger partial charge in [0.05, 0.1) is 5.56 Å². The van der Waals surface area contributed by atoms with Gasteiger partial charge in [0, 0.05) is 0 Å². The molecule has 0 spiro atoms. The third kappa shape index (κ3) is 10.2. The maximum Gasteiger partial charge on any atom is 0.338 e. The zero-order valence-corrected chi connectivity index (χ0v) is 24.2. The Morgan fingerprint density at radius 3 is 1.91 bits per heavy atom. The predicted octanol–water partition coefficient (Wildman–Crippen LogP) is 9.08. The summed E-state index contributed by atoms with van der Waals surface area (Å²) in [6.45, 7) is 22.8. The second kappa shape index (κ2) is 13.8. The predicted molar refractivity (Wildman–Crippen MR) is 149 cm³/mol. The molecular weight excluding hydrogens is 432 g/mol. The highest BCUT2D eigenvalue weighted by Gasteiger charge is 2.20. The molecule has 0 saturated carbocycles. The Bertz CT molecular complexity index is 894. The molecule has 0 saturated heterocycles. The number of carbonyl (C=O) groups excluding carboxylic acids is 2. The molecule has 0 radical (unpaired) electrons. The summed E-state index contributed by atoms with van der Waals surface area (Å²) in [4.78, 5) is 24.4. The number of allylic oxidation sites excluding steroid dienone is 4. The van der Waals surface area contributed by atoms with Crippen molar-refractivity contribution >= 4 is 17.3 Å². The van der Waals surface area contributed by atoms with Crippen LogP contribution in [0.15, 0.2) is 41.5 Å². The molecular formula is C32H50O3. The van der Waals surface area contributed by atoms with E-state index >= 15 is 0 Å². The first-order valence-electron chi connectivity index (χ1n) is 13.4. The largest absolute Gasteiger partial charge is 0.456 e. The van der Waals surface area contributed by atoms with Crippen molar-refractivity contribution in [3.63, 3.8) is 0 Å². The zero-order valence-electron chi connectivity index (χ0n) is 24.2. The number of hydrogen-bond donors (Lipinski definition) is 0. The second-order valence-electron chi connectivity index (χ2n) is 11.6. The van der Waals surface area contributed by atoms with E-state index in [2.05, 4.69) is 54.5 Å². The topological polar surface area (TPSA) is 43.4 Å². The highest BCUT2D eigenvalue weighted by molar-refractivity contribution is 5.94. The molecule has 3 atom stereocenters. The van der Waals surface area contributed by atoms with Gasteiger partial charge in [0.25, 0.3) is 0 Å². The Labute approximate surface area is 215 Å². The van der Waals surface area contributed by atoms with Gasteiger partial charge in [-0.15, -0.1) is 0 Å². The van der Waals surface area contributed by atoms with Gasteiger partial charge in [-0.2, -0.15) is 0 Å². The Morgan fingerprint density at radius 2 is 1.46 bits per heavy atom. The van der Waals surface area contributed by atoms with Crippen LogP contribution in [0.5, 0.6) is 0 Å². The van der Waals surface area contributed by atoms with Crippen LogP contribution in [-0.2, 0) is 9.53 Å². The van der Waals surface area contributed by atoms with E-state index in [4.69, 9.17) is 4.74 Å². The maximum atomic E-state index is 12.3. The molecule has 0 fully saturated rings. The first-order valence-corrected chi connectivity index (χ1v) is 13.4. The summed E-state index contributed by atoms with van der Waals surface area (Å²) in [6, 6.07) is 7.71. The number of carbonyl (C=O) groups is 2. The van der Waals surface area contributed by atoms with Gasteiger partial charge in [-0.3, -0.25) is 4.79 Å². The summed E-state index contributed by atoms with van der Waals surface area (Å²) in [5.41, 5.74) is 4.74. The average Bonchev–Trinajstić information content (AvgIpc) is 2.76. The molecule has 0 unspecified atom stereocenters. The summed E-state index contributed by atoms with van der Waals surface area (Å²) >= 11 is 0. The van der Waals surface area contributed by atoms with Crippen LogP contribution in [0.1, 0.15) is 118 Å². The molecule has 0 aliphatic heterocycles. The summed E-state index contributed by atoms with van der Waals surface area (Å²) < 4.78 is 5.46. The van der Waals surface area contributed by atoms with Crippen LogP contribution in [0.25, 0.3) is 5.57 Å². The lowest BCUT2D eigenvalue weighted by Crippen LogP contribution is -2.23. The first kappa shape index (κ1) is 30.9. The quantitative estimate of drug-likeness (QED) is 0.220. The molecule has 3 heteroatoms. The van der Waals surface area contributed by atoms with Crippen molar-refractivity contribution < 1.29 is 14.3 Å². The minimum atomic E-state index is -0.492. The monoisotopic (exact) mass is 482 g/mol. The van der Waals surface area contributed by atoms with Crippen LogP contribution in [0, 0.1) is 23.7 Å². The molecule has 3 nitrogen and oxygen atoms in total. The van der Waals surface area contributed by atoms with E-state index in [1.807, 2.05) is 45.0 Å². The highest BCUT2D eigenvalue weighted by Crippen LogP contribution is 2.31. The normalized spacial score (nSPS) is 15.9. The van der Waals surface area contributed by atoms with Crippen molar-refractivity contribution in [2.45, 2.75) is 107 Å². The Morgan fingerprint density at radius 1 is 0.914 bits per heavy atom. The molecule has 1 rings (SSSR count).